The molecule has 0 spiro atoms. The minimum atomic E-state index is -0.961. The van der Waals surface area contributed by atoms with Crippen LogP contribution >= 0.6 is 0 Å². The van der Waals surface area contributed by atoms with Crippen molar-refractivity contribution in [2.45, 2.75) is 44.8 Å². The highest BCUT2D eigenvalue weighted by atomic mass is 16.4. The zero-order chi connectivity index (χ0) is 11.6. The maximum atomic E-state index is 11.4. The number of carboxylic acids is 1. The third kappa shape index (κ3) is 3.20. The van der Waals surface area contributed by atoms with E-state index in [1.807, 2.05) is 0 Å². The van der Waals surface area contributed by atoms with Crippen LogP contribution in [0.15, 0.2) is 0 Å². The van der Waals surface area contributed by atoms with E-state index < -0.39 is 17.6 Å². The van der Waals surface area contributed by atoms with Gasteiger partial charge in [-0.2, -0.15) is 0 Å². The van der Waals surface area contributed by atoms with Gasteiger partial charge < -0.3 is 15.1 Å². The molecule has 0 radical (unpaired) electrons. The Morgan fingerprint density at radius 3 is 2.67 bits per heavy atom. The number of likely N-dealkylation sites (tertiary alicyclic amines) is 1. The summed E-state index contributed by atoms with van der Waals surface area (Å²) in [5, 5.41) is 18.4. The van der Waals surface area contributed by atoms with E-state index in [-0.39, 0.29) is 5.91 Å². The van der Waals surface area contributed by atoms with Gasteiger partial charge in [0.05, 0.1) is 5.60 Å². The number of amides is 1. The second-order valence-electron chi connectivity index (χ2n) is 4.54. The van der Waals surface area contributed by atoms with E-state index in [1.165, 1.54) is 4.90 Å². The van der Waals surface area contributed by atoms with Gasteiger partial charge in [-0.25, -0.2) is 4.79 Å². The van der Waals surface area contributed by atoms with Crippen molar-refractivity contribution in [2.75, 3.05) is 6.54 Å². The predicted octanol–water partition coefficient (Wildman–Crippen LogP) is 0.223. The predicted molar refractivity (Wildman–Crippen MR) is 53.3 cm³/mol. The molecule has 1 fully saturated rings. The number of carbonyl (C=O) groups is 2. The fourth-order valence-electron chi connectivity index (χ4n) is 1.66. The van der Waals surface area contributed by atoms with Gasteiger partial charge in [0.25, 0.3) is 0 Å². The Morgan fingerprint density at radius 1 is 1.60 bits per heavy atom. The second-order valence-corrected chi connectivity index (χ2v) is 4.54. The number of nitrogens with zero attached hydrogens (tertiary/aromatic N) is 1. The molecule has 86 valence electrons. The van der Waals surface area contributed by atoms with Gasteiger partial charge in [0, 0.05) is 13.0 Å². The molecule has 15 heavy (non-hydrogen) atoms. The van der Waals surface area contributed by atoms with Crippen molar-refractivity contribution in [3.05, 3.63) is 0 Å². The molecular formula is C10H17NO4. The van der Waals surface area contributed by atoms with Gasteiger partial charge in [-0.3, -0.25) is 4.79 Å². The van der Waals surface area contributed by atoms with E-state index in [2.05, 4.69) is 0 Å². The lowest BCUT2D eigenvalue weighted by Gasteiger charge is -2.25. The van der Waals surface area contributed by atoms with Crippen LogP contribution in [0.1, 0.15) is 33.1 Å². The molecule has 1 aliphatic rings. The van der Waals surface area contributed by atoms with Crippen molar-refractivity contribution < 1.29 is 19.8 Å². The molecule has 1 atom stereocenters. The highest BCUT2D eigenvalue weighted by Gasteiger charge is 2.36. The number of aliphatic hydroxyl groups is 1. The molecule has 0 aromatic carbocycles. The van der Waals surface area contributed by atoms with E-state index in [9.17, 15) is 14.7 Å². The van der Waals surface area contributed by atoms with Crippen molar-refractivity contribution in [1.82, 2.24) is 4.90 Å². The normalized spacial score (nSPS) is 22.2. The first-order valence-electron chi connectivity index (χ1n) is 5.06. The summed E-state index contributed by atoms with van der Waals surface area (Å²) in [5.74, 6) is -1.09. The van der Waals surface area contributed by atoms with Crippen LogP contribution in [0, 0.1) is 0 Å². The zero-order valence-corrected chi connectivity index (χ0v) is 9.06. The molecule has 5 heteroatoms. The lowest BCUT2D eigenvalue weighted by Crippen LogP contribution is -2.41. The van der Waals surface area contributed by atoms with Gasteiger partial charge in [0.2, 0.25) is 5.91 Å². The lowest BCUT2D eigenvalue weighted by atomic mass is 10.1. The smallest absolute Gasteiger partial charge is 0.326 e. The van der Waals surface area contributed by atoms with Crippen LogP contribution in [0.5, 0.6) is 0 Å². The van der Waals surface area contributed by atoms with Crippen LogP contribution in [0.25, 0.3) is 0 Å². The summed E-state index contributed by atoms with van der Waals surface area (Å²) >= 11 is 0. The van der Waals surface area contributed by atoms with Crippen molar-refractivity contribution in [2.24, 2.45) is 0 Å². The zero-order valence-electron chi connectivity index (χ0n) is 9.06. The van der Waals surface area contributed by atoms with E-state index in [0.717, 1.165) is 0 Å². The van der Waals surface area contributed by atoms with Gasteiger partial charge in [-0.05, 0) is 26.7 Å². The van der Waals surface area contributed by atoms with Crippen LogP contribution in [0.4, 0.5) is 0 Å². The summed E-state index contributed by atoms with van der Waals surface area (Å²) in [6, 6.07) is -0.708. The van der Waals surface area contributed by atoms with E-state index in [4.69, 9.17) is 5.11 Å². The Balaban J connectivity index is 2.58. The van der Waals surface area contributed by atoms with Crippen LogP contribution in [-0.4, -0.2) is 45.2 Å². The molecule has 1 amide bonds. The number of carbonyl (C=O) groups excluding carboxylic acids is 1. The summed E-state index contributed by atoms with van der Waals surface area (Å²) in [5.41, 5.74) is -0.869. The summed E-state index contributed by atoms with van der Waals surface area (Å²) in [7, 11) is 0. The molecule has 2 N–H and O–H groups in total. The van der Waals surface area contributed by atoms with Crippen LogP contribution in [0.3, 0.4) is 0 Å². The highest BCUT2D eigenvalue weighted by Crippen LogP contribution is 2.20. The molecule has 0 saturated carbocycles. The molecule has 5 nitrogen and oxygen atoms in total. The number of rotatable bonds is 4. The molecule has 1 aliphatic heterocycles. The molecule has 0 aromatic heterocycles. The number of aliphatic carboxylic acids is 1. The summed E-state index contributed by atoms with van der Waals surface area (Å²) in [6.45, 7) is 3.59. The first-order chi connectivity index (χ1) is 6.81. The fourth-order valence-corrected chi connectivity index (χ4v) is 1.66. The standard InChI is InChI=1S/C10H17NO4/c1-10(2,15)5-6-11-7(9(13)14)3-4-8(11)12/h7,15H,3-6H2,1-2H3,(H,13,14). The maximum Gasteiger partial charge on any atom is 0.326 e. The Kier molecular flexibility index (Phi) is 3.34. The van der Waals surface area contributed by atoms with Crippen LogP contribution in [-0.2, 0) is 9.59 Å². The number of carboxylic acid groups (broad SMARTS) is 1. The third-order valence-electron chi connectivity index (χ3n) is 2.58. The third-order valence-corrected chi connectivity index (χ3v) is 2.58. The van der Waals surface area contributed by atoms with Crippen molar-refractivity contribution in [3.8, 4) is 0 Å². The van der Waals surface area contributed by atoms with Gasteiger partial charge in [0.15, 0.2) is 0 Å². The molecular weight excluding hydrogens is 198 g/mol. The SMILES string of the molecule is CC(C)(O)CCN1C(=O)CCC1C(=O)O. The molecule has 1 rings (SSSR count). The average molecular weight is 215 g/mol. The van der Waals surface area contributed by atoms with E-state index >= 15 is 0 Å². The van der Waals surface area contributed by atoms with Crippen LogP contribution < -0.4 is 0 Å². The molecule has 0 bridgehead atoms. The minimum absolute atomic E-state index is 0.133. The largest absolute Gasteiger partial charge is 0.480 e. The Morgan fingerprint density at radius 2 is 2.20 bits per heavy atom. The molecule has 1 saturated heterocycles. The average Bonchev–Trinajstić information content (AvgIpc) is 2.42. The number of hydrogen-bond acceptors (Lipinski definition) is 3. The Hall–Kier alpha value is -1.10. The van der Waals surface area contributed by atoms with Crippen molar-refractivity contribution in [1.29, 1.82) is 0 Å². The van der Waals surface area contributed by atoms with E-state index in [1.54, 1.807) is 13.8 Å². The second kappa shape index (κ2) is 4.18. The highest BCUT2D eigenvalue weighted by molar-refractivity contribution is 5.87. The maximum absolute atomic E-state index is 11.4. The first kappa shape index (κ1) is 12.0. The Bertz CT molecular complexity index is 269. The van der Waals surface area contributed by atoms with Gasteiger partial charge in [0.1, 0.15) is 6.04 Å². The summed E-state index contributed by atoms with van der Waals surface area (Å²) in [6.07, 6.45) is 1.06. The summed E-state index contributed by atoms with van der Waals surface area (Å²) in [4.78, 5) is 23.6. The minimum Gasteiger partial charge on any atom is -0.480 e. The van der Waals surface area contributed by atoms with Crippen molar-refractivity contribution >= 4 is 11.9 Å². The van der Waals surface area contributed by atoms with Gasteiger partial charge >= 0.3 is 5.97 Å². The molecule has 1 heterocycles. The molecule has 0 aromatic rings. The monoisotopic (exact) mass is 215 g/mol. The number of hydrogen-bond donors (Lipinski definition) is 2. The Labute approximate surface area is 88.7 Å². The van der Waals surface area contributed by atoms with Crippen LogP contribution in [0.2, 0.25) is 0 Å². The summed E-state index contributed by atoms with van der Waals surface area (Å²) < 4.78 is 0. The quantitative estimate of drug-likeness (QED) is 0.703. The lowest BCUT2D eigenvalue weighted by molar-refractivity contribution is -0.146. The fraction of sp³-hybridized carbons (Fsp3) is 0.800. The molecule has 0 aliphatic carbocycles. The molecule has 1 unspecified atom stereocenters. The van der Waals surface area contributed by atoms with Crippen molar-refractivity contribution in [3.63, 3.8) is 0 Å². The van der Waals surface area contributed by atoms with E-state index in [0.29, 0.717) is 25.8 Å². The van der Waals surface area contributed by atoms with Gasteiger partial charge in [-0.15, -0.1) is 0 Å². The van der Waals surface area contributed by atoms with Gasteiger partial charge in [-0.1, -0.05) is 0 Å². The topological polar surface area (TPSA) is 77.8 Å². The first-order valence-corrected chi connectivity index (χ1v) is 5.06.